The molecule has 0 amide bonds. The van der Waals surface area contributed by atoms with Crippen molar-refractivity contribution in [1.82, 2.24) is 4.90 Å². The van der Waals surface area contributed by atoms with Gasteiger partial charge in [-0.15, -0.1) is 0 Å². The van der Waals surface area contributed by atoms with Gasteiger partial charge in [-0.2, -0.15) is 0 Å². The first-order valence-electron chi connectivity index (χ1n) is 6.37. The molecule has 1 aromatic carbocycles. The maximum Gasteiger partial charge on any atom is 0.258 e. The zero-order valence-corrected chi connectivity index (χ0v) is 11.5. The van der Waals surface area contributed by atoms with Crippen LogP contribution in [0.1, 0.15) is 19.4 Å². The van der Waals surface area contributed by atoms with Crippen molar-refractivity contribution in [3.63, 3.8) is 0 Å². The Bertz CT molecular complexity index is 438. The van der Waals surface area contributed by atoms with Crippen molar-refractivity contribution in [2.75, 3.05) is 26.3 Å². The summed E-state index contributed by atoms with van der Waals surface area (Å²) in [4.78, 5) is 2.25. The molecule has 0 atom stereocenters. The first-order chi connectivity index (χ1) is 8.58. The summed E-state index contributed by atoms with van der Waals surface area (Å²) in [6, 6.07) is 7.74. The molecule has 0 aliphatic carbocycles. The summed E-state index contributed by atoms with van der Waals surface area (Å²) >= 11 is 5.95. The van der Waals surface area contributed by atoms with E-state index >= 15 is 0 Å². The van der Waals surface area contributed by atoms with E-state index in [0.29, 0.717) is 0 Å². The molecule has 0 N–H and O–H groups in total. The summed E-state index contributed by atoms with van der Waals surface area (Å²) in [5.41, 5.74) is 1.14. The maximum absolute atomic E-state index is 6.06. The molecular formula is C14H18ClNO2. The van der Waals surface area contributed by atoms with E-state index in [-0.39, 0.29) is 5.41 Å². The molecular weight excluding hydrogens is 250 g/mol. The summed E-state index contributed by atoms with van der Waals surface area (Å²) < 4.78 is 12.1. The van der Waals surface area contributed by atoms with E-state index in [1.165, 1.54) is 0 Å². The van der Waals surface area contributed by atoms with Crippen LogP contribution in [0.25, 0.3) is 0 Å². The van der Waals surface area contributed by atoms with Crippen molar-refractivity contribution >= 4 is 11.6 Å². The fourth-order valence-electron chi connectivity index (χ4n) is 2.80. The quantitative estimate of drug-likeness (QED) is 0.823. The summed E-state index contributed by atoms with van der Waals surface area (Å²) in [6.07, 6.45) is 0. The van der Waals surface area contributed by atoms with Gasteiger partial charge in [0.15, 0.2) is 0 Å². The number of hydrogen-bond acceptors (Lipinski definition) is 3. The maximum atomic E-state index is 6.06. The molecule has 3 saturated heterocycles. The van der Waals surface area contributed by atoms with Crippen molar-refractivity contribution in [3.8, 4) is 0 Å². The summed E-state index contributed by atoms with van der Waals surface area (Å²) in [5, 5.41) is 0.731. The van der Waals surface area contributed by atoms with Gasteiger partial charge in [-0.1, -0.05) is 37.6 Å². The molecule has 0 aromatic heterocycles. The second-order valence-corrected chi connectivity index (χ2v) is 5.93. The molecule has 3 nitrogen and oxygen atoms in total. The Balaban J connectivity index is 1.99. The Hall–Kier alpha value is -0.610. The Morgan fingerprint density at radius 3 is 2.39 bits per heavy atom. The van der Waals surface area contributed by atoms with Crippen molar-refractivity contribution in [3.05, 3.63) is 34.9 Å². The van der Waals surface area contributed by atoms with Crippen LogP contribution in [0.2, 0.25) is 5.02 Å². The minimum absolute atomic E-state index is 0.115. The number of nitrogens with zero attached hydrogens (tertiary/aromatic N) is 1. The number of halogens is 1. The number of ether oxygens (including phenoxy) is 2. The van der Waals surface area contributed by atoms with Crippen LogP contribution < -0.4 is 0 Å². The molecule has 3 fully saturated rings. The third-order valence-corrected chi connectivity index (χ3v) is 4.06. The van der Waals surface area contributed by atoms with Crippen molar-refractivity contribution in [2.24, 2.45) is 5.41 Å². The van der Waals surface area contributed by atoms with Crippen LogP contribution in [-0.2, 0) is 15.4 Å². The van der Waals surface area contributed by atoms with Gasteiger partial charge in [0.2, 0.25) is 0 Å². The third-order valence-electron chi connectivity index (χ3n) is 3.81. The molecule has 0 radical (unpaired) electrons. The molecule has 4 rings (SSSR count). The topological polar surface area (TPSA) is 21.7 Å². The largest absolute Gasteiger partial charge is 0.333 e. The van der Waals surface area contributed by atoms with E-state index in [9.17, 15) is 0 Å². The van der Waals surface area contributed by atoms with Gasteiger partial charge in [-0.3, -0.25) is 0 Å². The molecule has 3 heterocycles. The predicted molar refractivity (Wildman–Crippen MR) is 70.4 cm³/mol. The molecule has 98 valence electrons. The Morgan fingerprint density at radius 1 is 1.22 bits per heavy atom. The highest BCUT2D eigenvalue weighted by Gasteiger charge is 2.54. The van der Waals surface area contributed by atoms with Crippen LogP contribution >= 0.6 is 11.6 Å². The van der Waals surface area contributed by atoms with Crippen LogP contribution in [0.4, 0.5) is 0 Å². The number of benzene rings is 1. The summed E-state index contributed by atoms with van der Waals surface area (Å²) in [7, 11) is 0. The zero-order chi connectivity index (χ0) is 12.8. The Kier molecular flexibility index (Phi) is 2.90. The first kappa shape index (κ1) is 12.4. The van der Waals surface area contributed by atoms with Gasteiger partial charge in [-0.25, -0.2) is 4.90 Å². The highest BCUT2D eigenvalue weighted by molar-refractivity contribution is 6.30. The van der Waals surface area contributed by atoms with Crippen LogP contribution in [-0.4, -0.2) is 31.2 Å². The predicted octanol–water partition coefficient (Wildman–Crippen LogP) is 2.84. The molecule has 4 heteroatoms. The van der Waals surface area contributed by atoms with Crippen molar-refractivity contribution in [1.29, 1.82) is 0 Å². The molecule has 18 heavy (non-hydrogen) atoms. The SMILES string of the molecule is CCN1CC2(C)COC1(c1ccc(Cl)cc1)OC2. The summed E-state index contributed by atoms with van der Waals surface area (Å²) in [5.74, 6) is -0.711. The molecule has 3 aliphatic heterocycles. The van der Waals surface area contributed by atoms with E-state index < -0.39 is 5.91 Å². The minimum atomic E-state index is -0.711. The van der Waals surface area contributed by atoms with Crippen LogP contribution in [0, 0.1) is 5.41 Å². The van der Waals surface area contributed by atoms with E-state index in [4.69, 9.17) is 21.1 Å². The van der Waals surface area contributed by atoms with E-state index in [1.54, 1.807) is 0 Å². The minimum Gasteiger partial charge on any atom is -0.333 e. The average molecular weight is 268 g/mol. The molecule has 0 unspecified atom stereocenters. The van der Waals surface area contributed by atoms with Gasteiger partial charge in [0.1, 0.15) is 0 Å². The summed E-state index contributed by atoms with van der Waals surface area (Å²) in [6.45, 7) is 7.73. The fraction of sp³-hybridized carbons (Fsp3) is 0.571. The molecule has 0 spiro atoms. The fourth-order valence-corrected chi connectivity index (χ4v) is 2.92. The molecule has 3 aliphatic rings. The number of fused-ring (bicyclic) bond motifs is 3. The number of rotatable bonds is 2. The number of hydrogen-bond donors (Lipinski definition) is 0. The molecule has 2 bridgehead atoms. The highest BCUT2D eigenvalue weighted by atomic mass is 35.5. The van der Waals surface area contributed by atoms with Crippen LogP contribution in [0.3, 0.4) is 0 Å². The van der Waals surface area contributed by atoms with Gasteiger partial charge >= 0.3 is 0 Å². The van der Waals surface area contributed by atoms with Gasteiger partial charge in [0.05, 0.1) is 13.2 Å². The Morgan fingerprint density at radius 2 is 1.83 bits per heavy atom. The van der Waals surface area contributed by atoms with Crippen molar-refractivity contribution < 1.29 is 9.47 Å². The van der Waals surface area contributed by atoms with E-state index in [2.05, 4.69) is 18.7 Å². The van der Waals surface area contributed by atoms with E-state index in [1.807, 2.05) is 24.3 Å². The monoisotopic (exact) mass is 267 g/mol. The van der Waals surface area contributed by atoms with Crippen LogP contribution in [0.15, 0.2) is 24.3 Å². The lowest BCUT2D eigenvalue weighted by Crippen LogP contribution is -2.66. The Labute approximate surface area is 113 Å². The van der Waals surface area contributed by atoms with Gasteiger partial charge in [0, 0.05) is 29.1 Å². The third kappa shape index (κ3) is 1.77. The van der Waals surface area contributed by atoms with Gasteiger partial charge in [0.25, 0.3) is 5.91 Å². The normalized spacial score (nSPS) is 35.9. The average Bonchev–Trinajstić information content (AvgIpc) is 2.40. The van der Waals surface area contributed by atoms with Gasteiger partial charge < -0.3 is 9.47 Å². The smallest absolute Gasteiger partial charge is 0.258 e. The molecule has 0 saturated carbocycles. The second-order valence-electron chi connectivity index (χ2n) is 5.49. The lowest BCUT2D eigenvalue weighted by atomic mass is 9.87. The first-order valence-corrected chi connectivity index (χ1v) is 6.75. The molecule has 1 aromatic rings. The lowest BCUT2D eigenvalue weighted by molar-refractivity contribution is -0.417. The standard InChI is InChI=1S/C14H18ClNO2/c1-3-16-8-13(2)9-17-14(16,18-10-13)11-4-6-12(15)7-5-11/h4-7H,3,8-10H2,1-2H3. The highest BCUT2D eigenvalue weighted by Crippen LogP contribution is 2.45. The van der Waals surface area contributed by atoms with Crippen molar-refractivity contribution in [2.45, 2.75) is 19.8 Å². The second kappa shape index (κ2) is 4.20. The van der Waals surface area contributed by atoms with E-state index in [0.717, 1.165) is 36.9 Å². The zero-order valence-electron chi connectivity index (χ0n) is 10.8. The lowest BCUT2D eigenvalue weighted by Gasteiger charge is -2.57. The van der Waals surface area contributed by atoms with Crippen LogP contribution in [0.5, 0.6) is 0 Å². The van der Waals surface area contributed by atoms with Gasteiger partial charge in [-0.05, 0) is 12.1 Å².